The summed E-state index contributed by atoms with van der Waals surface area (Å²) in [7, 11) is 0. The van der Waals surface area contributed by atoms with Crippen LogP contribution in [-0.2, 0) is 0 Å². The molecular formula is C20H13Cl2N3O2S. The molecule has 2 heterocycles. The van der Waals surface area contributed by atoms with E-state index in [9.17, 15) is 4.79 Å². The molecule has 0 saturated heterocycles. The zero-order valence-corrected chi connectivity index (χ0v) is 16.8. The Hall–Kier alpha value is -2.67. The van der Waals surface area contributed by atoms with Crippen molar-refractivity contribution in [1.29, 1.82) is 0 Å². The Bertz CT molecular complexity index is 1280. The van der Waals surface area contributed by atoms with Gasteiger partial charge in [-0.25, -0.2) is 0 Å². The number of nitrogens with zero attached hydrogens (tertiary/aromatic N) is 3. The van der Waals surface area contributed by atoms with Gasteiger partial charge in [0.25, 0.3) is 5.56 Å². The molecule has 4 aromatic rings. The lowest BCUT2D eigenvalue weighted by Crippen LogP contribution is -2.23. The molecule has 4 rings (SSSR count). The monoisotopic (exact) mass is 429 g/mol. The molecule has 0 saturated carbocycles. The average Bonchev–Trinajstić information content (AvgIpc) is 3.22. The van der Waals surface area contributed by atoms with E-state index >= 15 is 0 Å². The normalized spacial score (nSPS) is 11.9. The molecule has 2 aromatic heterocycles. The highest BCUT2D eigenvalue weighted by Crippen LogP contribution is 2.22. The fraction of sp³-hybridized carbons (Fsp3) is 0.0500. The first kappa shape index (κ1) is 18.7. The predicted octanol–water partition coefficient (Wildman–Crippen LogP) is 4.24. The van der Waals surface area contributed by atoms with Gasteiger partial charge < -0.3 is 4.74 Å². The molecule has 8 heteroatoms. The van der Waals surface area contributed by atoms with Gasteiger partial charge in [-0.1, -0.05) is 53.3 Å². The van der Waals surface area contributed by atoms with Gasteiger partial charge in [-0.05, 0) is 48.0 Å². The van der Waals surface area contributed by atoms with Crippen molar-refractivity contribution >= 4 is 45.6 Å². The summed E-state index contributed by atoms with van der Waals surface area (Å²) < 4.78 is 7.27. The molecule has 0 aliphatic heterocycles. The summed E-state index contributed by atoms with van der Waals surface area (Å²) in [6, 6.07) is 12.5. The topological polar surface area (TPSA) is 56.5 Å². The largest absolute Gasteiger partial charge is 0.490 e. The molecule has 0 N–H and O–H groups in total. The van der Waals surface area contributed by atoms with Gasteiger partial charge >= 0.3 is 0 Å². The summed E-state index contributed by atoms with van der Waals surface area (Å²) in [4.78, 5) is 17.7. The second-order valence-electron chi connectivity index (χ2n) is 5.84. The third kappa shape index (κ3) is 3.67. The Morgan fingerprint density at radius 1 is 1.18 bits per heavy atom. The number of aromatic nitrogens is 3. The summed E-state index contributed by atoms with van der Waals surface area (Å²) in [5.74, 6) is 1.21. The van der Waals surface area contributed by atoms with E-state index in [0.717, 1.165) is 11.3 Å². The van der Waals surface area contributed by atoms with Gasteiger partial charge in [-0.15, -0.1) is 5.10 Å². The molecule has 28 heavy (non-hydrogen) atoms. The summed E-state index contributed by atoms with van der Waals surface area (Å²) in [5.41, 5.74) is 1.27. The SMILES string of the molecule is C=CCOc1ccc(-c2nc3sc(=Cc4ccc(Cl)cc4Cl)c(=O)n3n2)cc1. The second kappa shape index (κ2) is 7.75. The van der Waals surface area contributed by atoms with Crippen molar-refractivity contribution in [3.8, 4) is 17.1 Å². The van der Waals surface area contributed by atoms with Crippen LogP contribution in [0.4, 0.5) is 0 Å². The van der Waals surface area contributed by atoms with Gasteiger partial charge in [0.05, 0.1) is 4.53 Å². The Balaban J connectivity index is 1.69. The third-order valence-electron chi connectivity index (χ3n) is 3.91. The summed E-state index contributed by atoms with van der Waals surface area (Å²) in [5, 5.41) is 5.36. The molecule has 0 spiro atoms. The van der Waals surface area contributed by atoms with Gasteiger partial charge in [0.15, 0.2) is 5.82 Å². The van der Waals surface area contributed by atoms with E-state index in [1.807, 2.05) is 24.3 Å². The number of thiazole rings is 1. The third-order valence-corrected chi connectivity index (χ3v) is 5.43. The van der Waals surface area contributed by atoms with Crippen molar-refractivity contribution in [2.45, 2.75) is 0 Å². The molecule has 0 atom stereocenters. The van der Waals surface area contributed by atoms with Crippen molar-refractivity contribution in [3.63, 3.8) is 0 Å². The molecule has 140 valence electrons. The van der Waals surface area contributed by atoms with E-state index in [2.05, 4.69) is 16.7 Å². The Morgan fingerprint density at radius 3 is 2.64 bits per heavy atom. The molecular weight excluding hydrogens is 417 g/mol. The quantitative estimate of drug-likeness (QED) is 0.445. The first-order valence-electron chi connectivity index (χ1n) is 8.25. The molecule has 2 aromatic carbocycles. The van der Waals surface area contributed by atoms with Crippen molar-refractivity contribution in [2.75, 3.05) is 6.61 Å². The summed E-state index contributed by atoms with van der Waals surface area (Å²) >= 11 is 13.4. The number of fused-ring (bicyclic) bond motifs is 1. The second-order valence-corrected chi connectivity index (χ2v) is 7.69. The van der Waals surface area contributed by atoms with E-state index in [4.69, 9.17) is 27.9 Å². The lowest BCUT2D eigenvalue weighted by molar-refractivity contribution is 0.363. The van der Waals surface area contributed by atoms with Crippen LogP contribution in [0.3, 0.4) is 0 Å². The Labute approximate surface area is 174 Å². The smallest absolute Gasteiger partial charge is 0.291 e. The molecule has 0 fully saturated rings. The highest BCUT2D eigenvalue weighted by molar-refractivity contribution is 7.15. The lowest BCUT2D eigenvalue weighted by Gasteiger charge is -2.02. The van der Waals surface area contributed by atoms with E-state index in [1.54, 1.807) is 30.4 Å². The minimum atomic E-state index is -0.240. The Kier molecular flexibility index (Phi) is 5.17. The molecule has 0 aliphatic rings. The maximum absolute atomic E-state index is 12.7. The van der Waals surface area contributed by atoms with Crippen molar-refractivity contribution in [3.05, 3.63) is 85.6 Å². The number of ether oxygens (including phenoxy) is 1. The van der Waals surface area contributed by atoms with Gasteiger partial charge in [0.1, 0.15) is 12.4 Å². The minimum absolute atomic E-state index is 0.240. The number of hydrogen-bond acceptors (Lipinski definition) is 5. The van der Waals surface area contributed by atoms with E-state index in [0.29, 0.717) is 37.5 Å². The number of hydrogen-bond donors (Lipinski definition) is 0. The van der Waals surface area contributed by atoms with Crippen LogP contribution in [-0.4, -0.2) is 21.2 Å². The van der Waals surface area contributed by atoms with Gasteiger partial charge in [-0.2, -0.15) is 9.50 Å². The molecule has 0 amide bonds. The van der Waals surface area contributed by atoms with E-state index < -0.39 is 0 Å². The van der Waals surface area contributed by atoms with Crippen molar-refractivity contribution in [2.24, 2.45) is 0 Å². The van der Waals surface area contributed by atoms with E-state index in [-0.39, 0.29) is 5.56 Å². The Morgan fingerprint density at radius 2 is 1.96 bits per heavy atom. The zero-order chi connectivity index (χ0) is 19.7. The van der Waals surface area contributed by atoms with Crippen molar-refractivity contribution < 1.29 is 4.74 Å². The zero-order valence-electron chi connectivity index (χ0n) is 14.4. The molecule has 0 unspecified atom stereocenters. The number of benzene rings is 2. The predicted molar refractivity (Wildman–Crippen MR) is 114 cm³/mol. The maximum Gasteiger partial charge on any atom is 0.291 e. The highest BCUT2D eigenvalue weighted by atomic mass is 35.5. The fourth-order valence-corrected chi connectivity index (χ4v) is 3.93. The summed E-state index contributed by atoms with van der Waals surface area (Å²) in [6.45, 7) is 4.06. The van der Waals surface area contributed by atoms with Crippen LogP contribution >= 0.6 is 34.5 Å². The van der Waals surface area contributed by atoms with Gasteiger partial charge in [0, 0.05) is 15.6 Å². The number of halogens is 2. The van der Waals surface area contributed by atoms with E-state index in [1.165, 1.54) is 15.9 Å². The summed E-state index contributed by atoms with van der Waals surface area (Å²) in [6.07, 6.45) is 3.40. The number of rotatable bonds is 5. The first-order chi connectivity index (χ1) is 13.5. The van der Waals surface area contributed by atoms with Crippen LogP contribution in [0.15, 0.2) is 59.9 Å². The highest BCUT2D eigenvalue weighted by Gasteiger charge is 2.12. The van der Waals surface area contributed by atoms with Gasteiger partial charge in [0.2, 0.25) is 4.96 Å². The molecule has 5 nitrogen and oxygen atoms in total. The minimum Gasteiger partial charge on any atom is -0.490 e. The van der Waals surface area contributed by atoms with Crippen LogP contribution in [0.5, 0.6) is 5.75 Å². The van der Waals surface area contributed by atoms with Crippen LogP contribution in [0.25, 0.3) is 22.4 Å². The fourth-order valence-electron chi connectivity index (χ4n) is 2.57. The van der Waals surface area contributed by atoms with Crippen LogP contribution in [0.2, 0.25) is 10.0 Å². The van der Waals surface area contributed by atoms with Gasteiger partial charge in [-0.3, -0.25) is 4.79 Å². The molecule has 0 radical (unpaired) electrons. The van der Waals surface area contributed by atoms with Crippen molar-refractivity contribution in [1.82, 2.24) is 14.6 Å². The lowest BCUT2D eigenvalue weighted by atomic mass is 10.2. The van der Waals surface area contributed by atoms with Crippen LogP contribution in [0, 0.1) is 0 Å². The van der Waals surface area contributed by atoms with Crippen LogP contribution in [0.1, 0.15) is 5.56 Å². The molecule has 0 aliphatic carbocycles. The average molecular weight is 430 g/mol. The standard InChI is InChI=1S/C20H13Cl2N3O2S/c1-2-9-27-15-7-4-12(5-8-15)18-23-20-25(24-18)19(26)17(28-20)10-13-3-6-14(21)11-16(13)22/h2-8,10-11H,1,9H2. The molecule has 0 bridgehead atoms. The first-order valence-corrected chi connectivity index (χ1v) is 9.83. The maximum atomic E-state index is 12.7. The van der Waals surface area contributed by atoms with Crippen LogP contribution < -0.4 is 14.8 Å².